The van der Waals surface area contributed by atoms with Gasteiger partial charge in [-0.05, 0) is 13.8 Å². The number of hydrogen-bond acceptors (Lipinski definition) is 6. The van der Waals surface area contributed by atoms with Gasteiger partial charge in [0.1, 0.15) is 0 Å². The molecular formula is C14H21N3O4. The molecule has 116 valence electrons. The van der Waals surface area contributed by atoms with E-state index in [1.54, 1.807) is 17.0 Å². The number of hydrogen-bond donors (Lipinski definition) is 0. The number of methoxy groups -OCH3 is 1. The second-order valence-electron chi connectivity index (χ2n) is 5.28. The van der Waals surface area contributed by atoms with Crippen LogP contribution >= 0.6 is 0 Å². The minimum Gasteiger partial charge on any atom is -0.469 e. The van der Waals surface area contributed by atoms with Crippen molar-refractivity contribution in [2.24, 2.45) is 0 Å². The van der Waals surface area contributed by atoms with Gasteiger partial charge in [-0.2, -0.15) is 0 Å². The van der Waals surface area contributed by atoms with Gasteiger partial charge in [0.15, 0.2) is 5.82 Å². The predicted molar refractivity (Wildman–Crippen MR) is 77.5 cm³/mol. The molecule has 0 aliphatic carbocycles. The maximum Gasteiger partial charge on any atom is 0.308 e. The Morgan fingerprint density at radius 3 is 3.00 bits per heavy atom. The molecule has 2 heterocycles. The Labute approximate surface area is 123 Å². The van der Waals surface area contributed by atoms with Gasteiger partial charge in [0.25, 0.3) is 5.56 Å². The number of anilines is 1. The van der Waals surface area contributed by atoms with Gasteiger partial charge in [0, 0.05) is 31.5 Å². The first-order chi connectivity index (χ1) is 10.0. The summed E-state index contributed by atoms with van der Waals surface area (Å²) in [6.45, 7) is 5.40. The number of ether oxygens (including phenoxy) is 2. The van der Waals surface area contributed by atoms with Crippen molar-refractivity contribution in [2.75, 3.05) is 31.7 Å². The van der Waals surface area contributed by atoms with Gasteiger partial charge in [-0.3, -0.25) is 9.59 Å². The molecule has 0 saturated carbocycles. The van der Waals surface area contributed by atoms with Crippen molar-refractivity contribution in [1.82, 2.24) is 9.55 Å². The summed E-state index contributed by atoms with van der Waals surface area (Å²) in [7, 11) is 1.35. The topological polar surface area (TPSA) is 73.7 Å². The average Bonchev–Trinajstić information content (AvgIpc) is 2.47. The van der Waals surface area contributed by atoms with Crippen LogP contribution in [0.3, 0.4) is 0 Å². The number of morpholine rings is 1. The molecule has 0 spiro atoms. The van der Waals surface area contributed by atoms with Crippen molar-refractivity contribution in [3.63, 3.8) is 0 Å². The Morgan fingerprint density at radius 2 is 2.33 bits per heavy atom. The maximum atomic E-state index is 12.4. The monoisotopic (exact) mass is 295 g/mol. The van der Waals surface area contributed by atoms with Gasteiger partial charge in [-0.1, -0.05) is 0 Å². The zero-order valence-corrected chi connectivity index (χ0v) is 12.6. The van der Waals surface area contributed by atoms with E-state index in [2.05, 4.69) is 9.72 Å². The molecular weight excluding hydrogens is 274 g/mol. The number of rotatable bonds is 4. The third-order valence-corrected chi connectivity index (χ3v) is 3.47. The molecule has 1 aliphatic rings. The highest BCUT2D eigenvalue weighted by molar-refractivity contribution is 5.69. The van der Waals surface area contributed by atoms with Crippen LogP contribution in [-0.4, -0.2) is 48.4 Å². The fraction of sp³-hybridized carbons (Fsp3) is 0.643. The second-order valence-corrected chi connectivity index (χ2v) is 5.28. The summed E-state index contributed by atoms with van der Waals surface area (Å²) < 4.78 is 11.8. The molecule has 1 fully saturated rings. The van der Waals surface area contributed by atoms with Crippen molar-refractivity contribution in [2.45, 2.75) is 32.4 Å². The molecule has 7 nitrogen and oxygen atoms in total. The van der Waals surface area contributed by atoms with E-state index in [-0.39, 0.29) is 30.1 Å². The first-order valence-corrected chi connectivity index (χ1v) is 7.03. The quantitative estimate of drug-likeness (QED) is 0.757. The Hall–Kier alpha value is -1.89. The van der Waals surface area contributed by atoms with Gasteiger partial charge < -0.3 is 18.9 Å². The van der Waals surface area contributed by atoms with E-state index in [4.69, 9.17) is 4.74 Å². The Morgan fingerprint density at radius 1 is 1.57 bits per heavy atom. The molecule has 1 atom stereocenters. The third-order valence-electron chi connectivity index (χ3n) is 3.47. The lowest BCUT2D eigenvalue weighted by atomic mass is 10.2. The van der Waals surface area contributed by atoms with Gasteiger partial charge in [-0.15, -0.1) is 0 Å². The lowest BCUT2D eigenvalue weighted by Gasteiger charge is -2.33. The number of aromatic nitrogens is 2. The van der Waals surface area contributed by atoms with Crippen LogP contribution in [0.5, 0.6) is 0 Å². The van der Waals surface area contributed by atoms with Crippen molar-refractivity contribution in [3.8, 4) is 0 Å². The molecule has 1 aromatic heterocycles. The summed E-state index contributed by atoms with van der Waals surface area (Å²) in [5.74, 6) is 0.0897. The molecule has 0 radical (unpaired) electrons. The lowest BCUT2D eigenvalue weighted by molar-refractivity contribution is -0.144. The summed E-state index contributed by atoms with van der Waals surface area (Å²) in [6.07, 6.45) is 3.21. The first kappa shape index (κ1) is 15.5. The van der Waals surface area contributed by atoms with Crippen molar-refractivity contribution in [1.29, 1.82) is 0 Å². The largest absolute Gasteiger partial charge is 0.469 e. The van der Waals surface area contributed by atoms with Crippen LogP contribution in [0.4, 0.5) is 5.82 Å². The Balaban J connectivity index is 2.16. The molecule has 21 heavy (non-hydrogen) atoms. The van der Waals surface area contributed by atoms with Gasteiger partial charge in [0.2, 0.25) is 0 Å². The van der Waals surface area contributed by atoms with E-state index in [1.165, 1.54) is 7.11 Å². The Kier molecular flexibility index (Phi) is 4.95. The van der Waals surface area contributed by atoms with Gasteiger partial charge in [-0.25, -0.2) is 4.98 Å². The zero-order chi connectivity index (χ0) is 15.4. The SMILES string of the molecule is COC(=O)CC1CN(c2nccn(C(C)C)c2=O)CCO1. The molecule has 1 saturated heterocycles. The standard InChI is InChI=1S/C14H21N3O4/c1-10(2)17-5-4-15-13(14(17)19)16-6-7-21-11(9-16)8-12(18)20-3/h4-5,10-11H,6-9H2,1-3H3. The number of nitrogens with zero attached hydrogens (tertiary/aromatic N) is 3. The Bertz CT molecular complexity index is 555. The van der Waals surface area contributed by atoms with Crippen LogP contribution in [0.1, 0.15) is 26.3 Å². The molecule has 2 rings (SSSR count). The highest BCUT2D eigenvalue weighted by Crippen LogP contribution is 2.14. The van der Waals surface area contributed by atoms with Crippen LogP contribution in [0.25, 0.3) is 0 Å². The normalized spacial score (nSPS) is 18.9. The maximum absolute atomic E-state index is 12.4. The third kappa shape index (κ3) is 3.60. The summed E-state index contributed by atoms with van der Waals surface area (Å²) in [5, 5.41) is 0. The van der Waals surface area contributed by atoms with Crippen LogP contribution < -0.4 is 10.5 Å². The van der Waals surface area contributed by atoms with Crippen molar-refractivity contribution >= 4 is 11.8 Å². The molecule has 7 heteroatoms. The van der Waals surface area contributed by atoms with E-state index in [9.17, 15) is 9.59 Å². The zero-order valence-electron chi connectivity index (χ0n) is 12.6. The van der Waals surface area contributed by atoms with E-state index < -0.39 is 0 Å². The summed E-state index contributed by atoms with van der Waals surface area (Å²) >= 11 is 0. The fourth-order valence-electron chi connectivity index (χ4n) is 2.34. The minimum absolute atomic E-state index is 0.0751. The highest BCUT2D eigenvalue weighted by atomic mass is 16.5. The molecule has 1 aliphatic heterocycles. The van der Waals surface area contributed by atoms with Crippen LogP contribution in [-0.2, 0) is 14.3 Å². The summed E-state index contributed by atoms with van der Waals surface area (Å²) in [4.78, 5) is 29.8. The average molecular weight is 295 g/mol. The number of carbonyl (C=O) groups excluding carboxylic acids is 1. The van der Waals surface area contributed by atoms with Crippen LogP contribution in [0.2, 0.25) is 0 Å². The van der Waals surface area contributed by atoms with Gasteiger partial charge >= 0.3 is 5.97 Å². The minimum atomic E-state index is -0.317. The van der Waals surface area contributed by atoms with Crippen LogP contribution in [0.15, 0.2) is 17.2 Å². The van der Waals surface area contributed by atoms with Crippen molar-refractivity contribution in [3.05, 3.63) is 22.7 Å². The fourth-order valence-corrected chi connectivity index (χ4v) is 2.34. The van der Waals surface area contributed by atoms with E-state index >= 15 is 0 Å². The molecule has 0 N–H and O–H groups in total. The molecule has 1 unspecified atom stereocenters. The van der Waals surface area contributed by atoms with E-state index in [1.807, 2.05) is 18.7 Å². The molecule has 0 aromatic carbocycles. The molecule has 0 amide bonds. The lowest BCUT2D eigenvalue weighted by Crippen LogP contribution is -2.46. The first-order valence-electron chi connectivity index (χ1n) is 7.03. The number of carbonyl (C=O) groups is 1. The summed E-state index contributed by atoms with van der Waals surface area (Å²) in [5.41, 5.74) is -0.119. The second kappa shape index (κ2) is 6.71. The van der Waals surface area contributed by atoms with E-state index in [0.29, 0.717) is 25.5 Å². The van der Waals surface area contributed by atoms with Gasteiger partial charge in [0.05, 0.1) is 26.2 Å². The van der Waals surface area contributed by atoms with E-state index in [0.717, 1.165) is 0 Å². The number of esters is 1. The molecule has 1 aromatic rings. The predicted octanol–water partition coefficient (Wildman–Crippen LogP) is 0.592. The van der Waals surface area contributed by atoms with Crippen molar-refractivity contribution < 1.29 is 14.3 Å². The molecule has 0 bridgehead atoms. The highest BCUT2D eigenvalue weighted by Gasteiger charge is 2.26. The summed E-state index contributed by atoms with van der Waals surface area (Å²) in [6, 6.07) is 0.0751. The van der Waals surface area contributed by atoms with Crippen LogP contribution in [0, 0.1) is 0 Å². The smallest absolute Gasteiger partial charge is 0.308 e.